The van der Waals surface area contributed by atoms with Gasteiger partial charge in [-0.2, -0.15) is 0 Å². The summed E-state index contributed by atoms with van der Waals surface area (Å²) in [7, 11) is 0. The molecular weight excluding hydrogens is 242 g/mol. The van der Waals surface area contributed by atoms with Gasteiger partial charge in [0.05, 0.1) is 12.5 Å². The number of hydrogen-bond acceptors (Lipinski definition) is 4. The first-order valence-electron chi connectivity index (χ1n) is 7.36. The van der Waals surface area contributed by atoms with Crippen LogP contribution in [0, 0.1) is 5.92 Å². The van der Waals surface area contributed by atoms with Crippen molar-refractivity contribution in [1.29, 1.82) is 0 Å². The highest BCUT2D eigenvalue weighted by Gasteiger charge is 2.32. The van der Waals surface area contributed by atoms with Gasteiger partial charge in [-0.1, -0.05) is 0 Å². The third-order valence-corrected chi connectivity index (χ3v) is 4.46. The lowest BCUT2D eigenvalue weighted by atomic mass is 9.99. The molecule has 2 aliphatic rings. The molecule has 1 atom stereocenters. The number of piperazine rings is 1. The molecule has 0 bridgehead atoms. The van der Waals surface area contributed by atoms with E-state index in [0.717, 1.165) is 45.6 Å². The SMILES string of the molecule is CC(C)(CN)N1CCN(C(=O)C2CCCOC2)CC1. The molecule has 2 N–H and O–H groups in total. The molecule has 2 saturated heterocycles. The maximum atomic E-state index is 12.4. The van der Waals surface area contributed by atoms with E-state index in [-0.39, 0.29) is 17.4 Å². The normalized spacial score (nSPS) is 26.5. The molecular formula is C14H27N3O2. The predicted octanol–water partition coefficient (Wildman–Crippen LogP) is 0.295. The van der Waals surface area contributed by atoms with Crippen LogP contribution in [0.1, 0.15) is 26.7 Å². The van der Waals surface area contributed by atoms with Crippen LogP contribution in [0.4, 0.5) is 0 Å². The standard InChI is InChI=1S/C14H27N3O2/c1-14(2,11-15)17-7-5-16(6-8-17)13(18)12-4-3-9-19-10-12/h12H,3-11,15H2,1-2H3. The monoisotopic (exact) mass is 269 g/mol. The average Bonchev–Trinajstić information content (AvgIpc) is 2.47. The number of carbonyl (C=O) groups excluding carboxylic acids is 1. The van der Waals surface area contributed by atoms with Crippen molar-refractivity contribution in [3.8, 4) is 0 Å². The second-order valence-electron chi connectivity index (χ2n) is 6.24. The van der Waals surface area contributed by atoms with Crippen LogP contribution in [0.25, 0.3) is 0 Å². The summed E-state index contributed by atoms with van der Waals surface area (Å²) in [5.41, 5.74) is 5.84. The van der Waals surface area contributed by atoms with Gasteiger partial charge in [0.15, 0.2) is 0 Å². The molecule has 5 nitrogen and oxygen atoms in total. The number of rotatable bonds is 3. The van der Waals surface area contributed by atoms with E-state index in [1.807, 2.05) is 4.90 Å². The smallest absolute Gasteiger partial charge is 0.228 e. The molecule has 1 amide bonds. The minimum atomic E-state index is 0.0308. The van der Waals surface area contributed by atoms with Crippen molar-refractivity contribution in [3.05, 3.63) is 0 Å². The Kier molecular flexibility index (Phi) is 4.81. The summed E-state index contributed by atoms with van der Waals surface area (Å²) < 4.78 is 5.41. The van der Waals surface area contributed by atoms with E-state index >= 15 is 0 Å². The number of ether oxygens (including phenoxy) is 1. The van der Waals surface area contributed by atoms with Crippen LogP contribution in [-0.2, 0) is 9.53 Å². The van der Waals surface area contributed by atoms with Crippen LogP contribution >= 0.6 is 0 Å². The minimum Gasteiger partial charge on any atom is -0.381 e. The van der Waals surface area contributed by atoms with E-state index in [1.54, 1.807) is 0 Å². The number of hydrogen-bond donors (Lipinski definition) is 1. The fourth-order valence-electron chi connectivity index (χ4n) is 2.85. The molecule has 0 spiro atoms. The Labute approximate surface area is 116 Å². The molecule has 0 aliphatic carbocycles. The van der Waals surface area contributed by atoms with Gasteiger partial charge in [0.1, 0.15) is 0 Å². The predicted molar refractivity (Wildman–Crippen MR) is 74.8 cm³/mol. The van der Waals surface area contributed by atoms with Gasteiger partial charge in [0.25, 0.3) is 0 Å². The van der Waals surface area contributed by atoms with E-state index in [2.05, 4.69) is 18.7 Å². The summed E-state index contributed by atoms with van der Waals surface area (Å²) >= 11 is 0. The highest BCUT2D eigenvalue weighted by molar-refractivity contribution is 5.79. The van der Waals surface area contributed by atoms with Gasteiger partial charge < -0.3 is 15.4 Å². The Morgan fingerprint density at radius 2 is 2.00 bits per heavy atom. The van der Waals surface area contributed by atoms with Crippen molar-refractivity contribution < 1.29 is 9.53 Å². The molecule has 0 radical (unpaired) electrons. The molecule has 2 aliphatic heterocycles. The van der Waals surface area contributed by atoms with Gasteiger partial charge >= 0.3 is 0 Å². The van der Waals surface area contributed by atoms with Gasteiger partial charge in [-0.25, -0.2) is 0 Å². The lowest BCUT2D eigenvalue weighted by Crippen LogP contribution is -2.59. The fraction of sp³-hybridized carbons (Fsp3) is 0.929. The van der Waals surface area contributed by atoms with Crippen molar-refractivity contribution in [2.24, 2.45) is 11.7 Å². The second kappa shape index (κ2) is 6.20. The largest absolute Gasteiger partial charge is 0.381 e. The Balaban J connectivity index is 1.84. The lowest BCUT2D eigenvalue weighted by Gasteiger charge is -2.44. The van der Waals surface area contributed by atoms with E-state index in [0.29, 0.717) is 13.2 Å². The van der Waals surface area contributed by atoms with Crippen molar-refractivity contribution in [3.63, 3.8) is 0 Å². The van der Waals surface area contributed by atoms with Crippen molar-refractivity contribution in [2.45, 2.75) is 32.2 Å². The van der Waals surface area contributed by atoms with Crippen LogP contribution in [0.15, 0.2) is 0 Å². The molecule has 0 saturated carbocycles. The number of amides is 1. The minimum absolute atomic E-state index is 0.0308. The lowest BCUT2D eigenvalue weighted by molar-refractivity contribution is -0.142. The van der Waals surface area contributed by atoms with Crippen LogP contribution in [0.3, 0.4) is 0 Å². The maximum Gasteiger partial charge on any atom is 0.228 e. The zero-order valence-electron chi connectivity index (χ0n) is 12.2. The summed E-state index contributed by atoms with van der Waals surface area (Å²) in [4.78, 5) is 16.8. The topological polar surface area (TPSA) is 58.8 Å². The molecule has 110 valence electrons. The Hall–Kier alpha value is -0.650. The second-order valence-corrected chi connectivity index (χ2v) is 6.24. The first-order chi connectivity index (χ1) is 9.04. The van der Waals surface area contributed by atoms with Crippen molar-refractivity contribution in [1.82, 2.24) is 9.80 Å². The molecule has 0 aromatic rings. The Bertz CT molecular complexity index is 306. The molecule has 2 fully saturated rings. The first kappa shape index (κ1) is 14.8. The van der Waals surface area contributed by atoms with Crippen molar-refractivity contribution >= 4 is 5.91 Å². The molecule has 0 aromatic carbocycles. The number of carbonyl (C=O) groups is 1. The quantitative estimate of drug-likeness (QED) is 0.800. The summed E-state index contributed by atoms with van der Waals surface area (Å²) in [6.45, 7) is 9.87. The fourth-order valence-corrected chi connectivity index (χ4v) is 2.85. The average molecular weight is 269 g/mol. The van der Waals surface area contributed by atoms with E-state index in [4.69, 9.17) is 10.5 Å². The third kappa shape index (κ3) is 3.46. The Morgan fingerprint density at radius 3 is 2.53 bits per heavy atom. The van der Waals surface area contributed by atoms with E-state index in [9.17, 15) is 4.79 Å². The zero-order valence-corrected chi connectivity index (χ0v) is 12.2. The van der Waals surface area contributed by atoms with Crippen LogP contribution in [0.2, 0.25) is 0 Å². The Morgan fingerprint density at radius 1 is 1.32 bits per heavy atom. The molecule has 19 heavy (non-hydrogen) atoms. The third-order valence-electron chi connectivity index (χ3n) is 4.46. The van der Waals surface area contributed by atoms with Crippen LogP contribution in [-0.4, -0.2) is 67.2 Å². The number of nitrogens with zero attached hydrogens (tertiary/aromatic N) is 2. The molecule has 2 rings (SSSR count). The van der Waals surface area contributed by atoms with E-state index < -0.39 is 0 Å². The first-order valence-corrected chi connectivity index (χ1v) is 7.36. The van der Waals surface area contributed by atoms with Crippen LogP contribution < -0.4 is 5.73 Å². The number of nitrogens with two attached hydrogens (primary N) is 1. The van der Waals surface area contributed by atoms with Crippen LogP contribution in [0.5, 0.6) is 0 Å². The molecule has 5 heteroatoms. The van der Waals surface area contributed by atoms with Gasteiger partial charge in [-0.15, -0.1) is 0 Å². The van der Waals surface area contributed by atoms with E-state index in [1.165, 1.54) is 0 Å². The molecule has 0 aromatic heterocycles. The summed E-state index contributed by atoms with van der Waals surface area (Å²) in [6.07, 6.45) is 1.99. The molecule has 2 heterocycles. The summed E-state index contributed by atoms with van der Waals surface area (Å²) in [6, 6.07) is 0. The summed E-state index contributed by atoms with van der Waals surface area (Å²) in [5, 5.41) is 0. The molecule has 1 unspecified atom stereocenters. The van der Waals surface area contributed by atoms with Gasteiger partial charge in [-0.3, -0.25) is 9.69 Å². The highest BCUT2D eigenvalue weighted by Crippen LogP contribution is 2.20. The van der Waals surface area contributed by atoms with Gasteiger partial charge in [-0.05, 0) is 26.7 Å². The zero-order chi connectivity index (χ0) is 13.9. The van der Waals surface area contributed by atoms with Gasteiger partial charge in [0.2, 0.25) is 5.91 Å². The summed E-state index contributed by atoms with van der Waals surface area (Å²) in [5.74, 6) is 0.368. The maximum absolute atomic E-state index is 12.4. The van der Waals surface area contributed by atoms with Gasteiger partial charge in [0, 0.05) is 44.9 Å². The van der Waals surface area contributed by atoms with Crippen molar-refractivity contribution in [2.75, 3.05) is 45.9 Å². The highest BCUT2D eigenvalue weighted by atomic mass is 16.5.